The van der Waals surface area contributed by atoms with E-state index >= 15 is 0 Å². The highest BCUT2D eigenvalue weighted by atomic mass is 19.2. The van der Waals surface area contributed by atoms with Gasteiger partial charge in [-0.2, -0.15) is 0 Å². The van der Waals surface area contributed by atoms with E-state index in [0.717, 1.165) is 24.5 Å². The zero-order chi connectivity index (χ0) is 24.1. The topological polar surface area (TPSA) is 75.4 Å². The fourth-order valence-electron chi connectivity index (χ4n) is 4.96. The first-order valence-corrected chi connectivity index (χ1v) is 11.1. The molecule has 2 saturated heterocycles. The number of amides is 2. The molecule has 8 heteroatoms. The molecular formula is C25H30F3N3O2. The molecule has 2 aliphatic heterocycles. The molecule has 2 fully saturated rings. The Labute approximate surface area is 192 Å². The summed E-state index contributed by atoms with van der Waals surface area (Å²) in [6, 6.07) is 0.900. The first-order chi connectivity index (χ1) is 15.7. The molecule has 1 aromatic carbocycles. The minimum absolute atomic E-state index is 0.0204. The van der Waals surface area contributed by atoms with Crippen molar-refractivity contribution in [1.29, 1.82) is 0 Å². The van der Waals surface area contributed by atoms with Crippen LogP contribution in [-0.2, 0) is 16.0 Å². The average Bonchev–Trinajstić information content (AvgIpc) is 3.04. The third kappa shape index (κ3) is 5.93. The molecule has 2 heterocycles. The van der Waals surface area contributed by atoms with E-state index in [-0.39, 0.29) is 54.8 Å². The highest BCUT2D eigenvalue weighted by Crippen LogP contribution is 2.40. The Balaban J connectivity index is 1.56. The van der Waals surface area contributed by atoms with Crippen LogP contribution in [0.1, 0.15) is 37.7 Å². The summed E-state index contributed by atoms with van der Waals surface area (Å²) in [5, 5.41) is 2.72. The number of nitrogens with one attached hydrogen (secondary N) is 1. The molecule has 0 saturated carbocycles. The van der Waals surface area contributed by atoms with Crippen molar-refractivity contribution in [1.82, 2.24) is 10.2 Å². The molecule has 33 heavy (non-hydrogen) atoms. The van der Waals surface area contributed by atoms with Gasteiger partial charge in [-0.05, 0) is 55.2 Å². The molecule has 2 aliphatic rings. The highest BCUT2D eigenvalue weighted by molar-refractivity contribution is 5.97. The van der Waals surface area contributed by atoms with Crippen LogP contribution in [0.25, 0.3) is 0 Å². The van der Waals surface area contributed by atoms with Gasteiger partial charge in [-0.25, -0.2) is 13.2 Å². The molecule has 178 valence electrons. The predicted molar refractivity (Wildman–Crippen MR) is 120 cm³/mol. The van der Waals surface area contributed by atoms with Crippen molar-refractivity contribution < 1.29 is 22.8 Å². The monoisotopic (exact) mass is 461 g/mol. The van der Waals surface area contributed by atoms with Crippen LogP contribution in [0, 0.1) is 23.4 Å². The quantitative estimate of drug-likeness (QED) is 0.336. The number of piperidine rings is 1. The van der Waals surface area contributed by atoms with Crippen molar-refractivity contribution in [2.24, 2.45) is 11.7 Å². The van der Waals surface area contributed by atoms with Crippen molar-refractivity contribution in [2.45, 2.75) is 56.7 Å². The van der Waals surface area contributed by atoms with Gasteiger partial charge in [-0.15, -0.1) is 0 Å². The Morgan fingerprint density at radius 2 is 1.76 bits per heavy atom. The number of nitrogens with two attached hydrogens (primary N) is 1. The third-order valence-electron chi connectivity index (χ3n) is 6.60. The van der Waals surface area contributed by atoms with Crippen LogP contribution in [0.2, 0.25) is 0 Å². The number of rotatable bonds is 9. The van der Waals surface area contributed by atoms with Gasteiger partial charge in [-0.1, -0.05) is 31.4 Å². The van der Waals surface area contributed by atoms with Crippen molar-refractivity contribution in [3.8, 4) is 0 Å². The lowest BCUT2D eigenvalue weighted by Crippen LogP contribution is -2.51. The molecule has 0 aliphatic carbocycles. The molecule has 2 amide bonds. The van der Waals surface area contributed by atoms with E-state index in [2.05, 4.69) is 18.5 Å². The lowest BCUT2D eigenvalue weighted by molar-refractivity contribution is -0.140. The van der Waals surface area contributed by atoms with Crippen LogP contribution < -0.4 is 11.1 Å². The van der Waals surface area contributed by atoms with E-state index in [1.165, 1.54) is 0 Å². The van der Waals surface area contributed by atoms with Gasteiger partial charge in [0.1, 0.15) is 12.2 Å². The van der Waals surface area contributed by atoms with Crippen LogP contribution in [0.15, 0.2) is 49.1 Å². The molecular weight excluding hydrogens is 431 g/mol. The standard InChI is InChI=1S/C25H30F3N3O2/c1-3-5-15(4-2)14-30-24(32)13-25(33)31-18-6-7-19(31)9-17(8-18)23(29)11-16-10-21(27)22(28)12-20(16)26/h3-5,10,12,17-19,23H,1-2,6-9,11,13-14,29H2,(H,30,32)/b15-5+. The summed E-state index contributed by atoms with van der Waals surface area (Å²) in [5.74, 6) is -3.69. The van der Waals surface area contributed by atoms with E-state index < -0.39 is 23.5 Å². The van der Waals surface area contributed by atoms with E-state index in [1.54, 1.807) is 23.1 Å². The fourth-order valence-corrected chi connectivity index (χ4v) is 4.96. The molecule has 0 radical (unpaired) electrons. The first-order valence-electron chi connectivity index (χ1n) is 11.1. The largest absolute Gasteiger partial charge is 0.352 e. The molecule has 3 unspecified atom stereocenters. The Bertz CT molecular complexity index is 948. The number of carbonyl (C=O) groups excluding carboxylic acids is 2. The molecule has 0 spiro atoms. The summed E-state index contributed by atoms with van der Waals surface area (Å²) >= 11 is 0. The second-order valence-corrected chi connectivity index (χ2v) is 8.78. The minimum atomic E-state index is -1.23. The van der Waals surface area contributed by atoms with E-state index in [0.29, 0.717) is 18.9 Å². The fraction of sp³-hybridized carbons (Fsp3) is 0.440. The van der Waals surface area contributed by atoms with Crippen molar-refractivity contribution in [3.63, 3.8) is 0 Å². The second-order valence-electron chi connectivity index (χ2n) is 8.78. The summed E-state index contributed by atoms with van der Waals surface area (Å²) in [6.07, 6.45) is 7.72. The van der Waals surface area contributed by atoms with E-state index in [9.17, 15) is 22.8 Å². The van der Waals surface area contributed by atoms with Gasteiger partial charge in [0.2, 0.25) is 11.8 Å². The number of nitrogens with zero attached hydrogens (tertiary/aromatic N) is 1. The van der Waals surface area contributed by atoms with E-state index in [4.69, 9.17) is 5.73 Å². The zero-order valence-electron chi connectivity index (χ0n) is 18.5. The summed E-state index contributed by atoms with van der Waals surface area (Å²) in [7, 11) is 0. The normalized spacial score (nSPS) is 23.2. The molecule has 5 nitrogen and oxygen atoms in total. The zero-order valence-corrected chi connectivity index (χ0v) is 18.5. The Morgan fingerprint density at radius 1 is 1.12 bits per heavy atom. The summed E-state index contributed by atoms with van der Waals surface area (Å²) in [4.78, 5) is 26.9. The number of benzene rings is 1. The number of halogens is 3. The van der Waals surface area contributed by atoms with Crippen molar-refractivity contribution in [2.75, 3.05) is 6.54 Å². The Morgan fingerprint density at radius 3 is 2.36 bits per heavy atom. The maximum absolute atomic E-state index is 14.0. The van der Waals surface area contributed by atoms with Gasteiger partial charge in [0.25, 0.3) is 0 Å². The molecule has 1 aromatic rings. The van der Waals surface area contributed by atoms with Crippen LogP contribution >= 0.6 is 0 Å². The molecule has 3 atom stereocenters. The van der Waals surface area contributed by atoms with E-state index in [1.807, 2.05) is 0 Å². The highest BCUT2D eigenvalue weighted by Gasteiger charge is 2.44. The smallest absolute Gasteiger partial charge is 0.232 e. The van der Waals surface area contributed by atoms with Gasteiger partial charge in [0.05, 0.1) is 0 Å². The number of allylic oxidation sites excluding steroid dienone is 2. The average molecular weight is 462 g/mol. The number of carbonyl (C=O) groups is 2. The maximum atomic E-state index is 14.0. The van der Waals surface area contributed by atoms with Gasteiger partial charge < -0.3 is 16.0 Å². The van der Waals surface area contributed by atoms with Crippen LogP contribution in [0.5, 0.6) is 0 Å². The van der Waals surface area contributed by atoms with Gasteiger partial charge >= 0.3 is 0 Å². The number of hydrogen-bond donors (Lipinski definition) is 2. The first kappa shape index (κ1) is 24.8. The lowest BCUT2D eigenvalue weighted by Gasteiger charge is -2.41. The Hall–Kier alpha value is -2.87. The van der Waals surface area contributed by atoms with Gasteiger partial charge in [-0.3, -0.25) is 9.59 Å². The molecule has 0 aromatic heterocycles. The lowest BCUT2D eigenvalue weighted by atomic mass is 9.82. The van der Waals surface area contributed by atoms with Crippen molar-refractivity contribution >= 4 is 11.8 Å². The van der Waals surface area contributed by atoms with Crippen LogP contribution in [0.4, 0.5) is 13.2 Å². The van der Waals surface area contributed by atoms with Crippen molar-refractivity contribution in [3.05, 3.63) is 72.1 Å². The predicted octanol–water partition coefficient (Wildman–Crippen LogP) is 3.55. The maximum Gasteiger partial charge on any atom is 0.232 e. The minimum Gasteiger partial charge on any atom is -0.352 e. The van der Waals surface area contributed by atoms with Crippen LogP contribution in [0.3, 0.4) is 0 Å². The summed E-state index contributed by atoms with van der Waals surface area (Å²) < 4.78 is 40.7. The van der Waals surface area contributed by atoms with Gasteiger partial charge in [0.15, 0.2) is 11.6 Å². The third-order valence-corrected chi connectivity index (χ3v) is 6.60. The summed E-state index contributed by atoms with van der Waals surface area (Å²) in [6.45, 7) is 7.55. The van der Waals surface area contributed by atoms with Crippen LogP contribution in [-0.4, -0.2) is 41.4 Å². The summed E-state index contributed by atoms with van der Waals surface area (Å²) in [5.41, 5.74) is 7.17. The molecule has 3 N–H and O–H groups in total. The number of fused-ring (bicyclic) bond motifs is 2. The number of hydrogen-bond acceptors (Lipinski definition) is 3. The Kier molecular flexibility index (Phi) is 8.13. The van der Waals surface area contributed by atoms with Gasteiger partial charge in [0, 0.05) is 30.7 Å². The molecule has 3 rings (SSSR count). The SMILES string of the molecule is C=C/C=C(\C=C)CNC(=O)CC(=O)N1C2CCC1CC(C(N)Cc1cc(F)c(F)cc1F)C2. The molecule has 2 bridgehead atoms. The second kappa shape index (κ2) is 10.8.